The molecule has 0 aliphatic carbocycles. The van der Waals surface area contributed by atoms with Crippen LogP contribution in [0.5, 0.6) is 5.88 Å². The molecule has 3 heteroatoms. The first-order valence-electron chi connectivity index (χ1n) is 4.83. The molecule has 0 atom stereocenters. The Balaban J connectivity index is 3.02. The zero-order valence-electron chi connectivity index (χ0n) is 9.24. The van der Waals surface area contributed by atoms with Crippen molar-refractivity contribution >= 4 is 15.9 Å². The first-order chi connectivity index (χ1) is 7.71. The molecule has 16 heavy (non-hydrogen) atoms. The molecule has 0 amide bonds. The molecule has 0 radical (unpaired) electrons. The van der Waals surface area contributed by atoms with Crippen molar-refractivity contribution < 1.29 is 4.74 Å². The van der Waals surface area contributed by atoms with Gasteiger partial charge in [-0.2, -0.15) is 0 Å². The fourth-order valence-electron chi connectivity index (χ4n) is 1.35. The van der Waals surface area contributed by atoms with E-state index in [0.717, 1.165) is 22.0 Å². The lowest BCUT2D eigenvalue weighted by Gasteiger charge is -2.08. The molecule has 0 N–H and O–H groups in total. The van der Waals surface area contributed by atoms with Gasteiger partial charge in [0.05, 0.1) is 7.11 Å². The van der Waals surface area contributed by atoms with E-state index >= 15 is 0 Å². The van der Waals surface area contributed by atoms with Crippen molar-refractivity contribution in [3.8, 4) is 5.88 Å². The summed E-state index contributed by atoms with van der Waals surface area (Å²) in [6, 6.07) is 1.99. The zero-order chi connectivity index (χ0) is 12.0. The fraction of sp³-hybridized carbons (Fsp3) is 0.154. The Morgan fingerprint density at radius 2 is 2.31 bits per heavy atom. The first kappa shape index (κ1) is 12.7. The maximum absolute atomic E-state index is 5.20. The highest BCUT2D eigenvalue weighted by Crippen LogP contribution is 2.22. The molecule has 0 fully saturated rings. The fourth-order valence-corrected chi connectivity index (χ4v) is 1.73. The van der Waals surface area contributed by atoms with Crippen molar-refractivity contribution in [2.75, 3.05) is 7.11 Å². The second-order valence-electron chi connectivity index (χ2n) is 3.18. The minimum atomic E-state index is 0.639. The van der Waals surface area contributed by atoms with E-state index < -0.39 is 0 Å². The van der Waals surface area contributed by atoms with E-state index in [1.54, 1.807) is 19.4 Å². The number of rotatable bonds is 5. The van der Waals surface area contributed by atoms with Crippen LogP contribution in [0.1, 0.15) is 5.56 Å². The van der Waals surface area contributed by atoms with E-state index in [0.29, 0.717) is 5.88 Å². The highest BCUT2D eigenvalue weighted by atomic mass is 79.9. The summed E-state index contributed by atoms with van der Waals surface area (Å²) in [5.41, 5.74) is 2.10. The number of hydrogen-bond acceptors (Lipinski definition) is 2. The van der Waals surface area contributed by atoms with Crippen LogP contribution >= 0.6 is 15.9 Å². The lowest BCUT2D eigenvalue weighted by Crippen LogP contribution is -1.96. The predicted molar refractivity (Wildman–Crippen MR) is 70.7 cm³/mol. The highest BCUT2D eigenvalue weighted by Gasteiger charge is 2.06. The summed E-state index contributed by atoms with van der Waals surface area (Å²) in [6.45, 7) is 7.43. The molecule has 0 aromatic carbocycles. The van der Waals surface area contributed by atoms with Crippen LogP contribution in [0.2, 0.25) is 0 Å². The number of ether oxygens (including phenoxy) is 1. The van der Waals surface area contributed by atoms with Crippen molar-refractivity contribution in [2.45, 2.75) is 6.42 Å². The minimum absolute atomic E-state index is 0.639. The van der Waals surface area contributed by atoms with Crippen LogP contribution in [0.4, 0.5) is 0 Å². The van der Waals surface area contributed by atoms with Gasteiger partial charge in [-0.15, -0.1) is 0 Å². The third-order valence-electron chi connectivity index (χ3n) is 2.07. The molecular weight excluding hydrogens is 266 g/mol. The number of halogens is 1. The standard InChI is InChI=1S/C13H14BrNO/c1-4-6-10(5-2)7-11-8-12(14)9-15-13(11)16-3/h4-6,8-9H,1-2,7H2,3H3/b10-6+. The quantitative estimate of drug-likeness (QED) is 0.767. The number of allylic oxidation sites excluding steroid dienone is 4. The predicted octanol–water partition coefficient (Wildman–Crippen LogP) is 3.69. The Bertz CT molecular complexity index is 424. The van der Waals surface area contributed by atoms with Crippen molar-refractivity contribution in [1.29, 1.82) is 0 Å². The SMILES string of the molecule is C=C/C=C(\C=C)Cc1cc(Br)cnc1OC. The summed E-state index contributed by atoms with van der Waals surface area (Å²) in [7, 11) is 1.62. The average molecular weight is 280 g/mol. The van der Waals surface area contributed by atoms with Crippen LogP contribution in [0.25, 0.3) is 0 Å². The Hall–Kier alpha value is -1.35. The van der Waals surface area contributed by atoms with Gasteiger partial charge in [0, 0.05) is 22.7 Å². The van der Waals surface area contributed by atoms with Crippen LogP contribution in [-0.2, 0) is 6.42 Å². The van der Waals surface area contributed by atoms with Gasteiger partial charge in [-0.05, 0) is 27.6 Å². The van der Waals surface area contributed by atoms with Crippen LogP contribution in [0.3, 0.4) is 0 Å². The topological polar surface area (TPSA) is 22.1 Å². The minimum Gasteiger partial charge on any atom is -0.481 e. The van der Waals surface area contributed by atoms with Gasteiger partial charge in [0.1, 0.15) is 0 Å². The van der Waals surface area contributed by atoms with Gasteiger partial charge < -0.3 is 4.74 Å². The first-order valence-corrected chi connectivity index (χ1v) is 5.63. The molecule has 0 bridgehead atoms. The summed E-state index contributed by atoms with van der Waals surface area (Å²) in [5, 5.41) is 0. The van der Waals surface area contributed by atoms with Crippen molar-refractivity contribution in [3.63, 3.8) is 0 Å². The lowest BCUT2D eigenvalue weighted by molar-refractivity contribution is 0.393. The largest absolute Gasteiger partial charge is 0.481 e. The highest BCUT2D eigenvalue weighted by molar-refractivity contribution is 9.10. The Kier molecular flexibility index (Phi) is 4.99. The van der Waals surface area contributed by atoms with Crippen LogP contribution in [-0.4, -0.2) is 12.1 Å². The molecule has 0 aliphatic rings. The van der Waals surface area contributed by atoms with E-state index in [1.165, 1.54) is 0 Å². The van der Waals surface area contributed by atoms with Gasteiger partial charge >= 0.3 is 0 Å². The second-order valence-corrected chi connectivity index (χ2v) is 4.10. The summed E-state index contributed by atoms with van der Waals surface area (Å²) < 4.78 is 6.14. The molecule has 0 spiro atoms. The normalized spacial score (nSPS) is 11.0. The molecule has 2 nitrogen and oxygen atoms in total. The van der Waals surface area contributed by atoms with E-state index in [9.17, 15) is 0 Å². The summed E-state index contributed by atoms with van der Waals surface area (Å²) in [6.07, 6.45) is 7.92. The van der Waals surface area contributed by atoms with E-state index in [2.05, 4.69) is 34.1 Å². The van der Waals surface area contributed by atoms with Crippen LogP contribution in [0.15, 0.2) is 53.7 Å². The molecule has 1 rings (SSSR count). The molecule has 84 valence electrons. The average Bonchev–Trinajstić information content (AvgIpc) is 2.29. The molecule has 1 aromatic heterocycles. The molecule has 0 saturated carbocycles. The van der Waals surface area contributed by atoms with Crippen molar-refractivity contribution in [1.82, 2.24) is 4.98 Å². The summed E-state index contributed by atoms with van der Waals surface area (Å²) in [4.78, 5) is 4.19. The van der Waals surface area contributed by atoms with Crippen molar-refractivity contribution in [3.05, 3.63) is 59.3 Å². The smallest absolute Gasteiger partial charge is 0.216 e. The van der Waals surface area contributed by atoms with Gasteiger partial charge in [0.25, 0.3) is 0 Å². The third kappa shape index (κ3) is 3.35. The van der Waals surface area contributed by atoms with Gasteiger partial charge in [0.2, 0.25) is 5.88 Å². The van der Waals surface area contributed by atoms with Crippen molar-refractivity contribution in [2.24, 2.45) is 0 Å². The molecule has 0 unspecified atom stereocenters. The third-order valence-corrected chi connectivity index (χ3v) is 2.51. The number of nitrogens with zero attached hydrogens (tertiary/aromatic N) is 1. The van der Waals surface area contributed by atoms with E-state index in [1.807, 2.05) is 18.2 Å². The van der Waals surface area contributed by atoms with Crippen LogP contribution in [0, 0.1) is 0 Å². The van der Waals surface area contributed by atoms with E-state index in [4.69, 9.17) is 4.74 Å². The molecule has 0 saturated heterocycles. The van der Waals surface area contributed by atoms with Gasteiger partial charge in [0.15, 0.2) is 0 Å². The maximum atomic E-state index is 5.20. The van der Waals surface area contributed by atoms with Gasteiger partial charge in [-0.1, -0.05) is 31.4 Å². The number of pyridine rings is 1. The Labute approximate surface area is 104 Å². The lowest BCUT2D eigenvalue weighted by atomic mass is 10.1. The monoisotopic (exact) mass is 279 g/mol. The zero-order valence-corrected chi connectivity index (χ0v) is 10.8. The molecular formula is C13H14BrNO. The number of hydrogen-bond donors (Lipinski definition) is 0. The van der Waals surface area contributed by atoms with Gasteiger partial charge in [-0.25, -0.2) is 4.98 Å². The van der Waals surface area contributed by atoms with Crippen LogP contribution < -0.4 is 4.74 Å². The van der Waals surface area contributed by atoms with E-state index in [-0.39, 0.29) is 0 Å². The number of aromatic nitrogens is 1. The molecule has 0 aliphatic heterocycles. The Morgan fingerprint density at radius 1 is 1.56 bits per heavy atom. The Morgan fingerprint density at radius 3 is 2.88 bits per heavy atom. The number of methoxy groups -OCH3 is 1. The summed E-state index contributed by atoms with van der Waals surface area (Å²) in [5.74, 6) is 0.639. The summed E-state index contributed by atoms with van der Waals surface area (Å²) >= 11 is 3.39. The molecule has 1 heterocycles. The second kappa shape index (κ2) is 6.28. The van der Waals surface area contributed by atoms with Gasteiger partial charge in [-0.3, -0.25) is 0 Å². The maximum Gasteiger partial charge on any atom is 0.216 e. The molecule has 1 aromatic rings.